The Labute approximate surface area is 89.9 Å². The summed E-state index contributed by atoms with van der Waals surface area (Å²) >= 11 is 1.55. The highest BCUT2D eigenvalue weighted by Gasteiger charge is 2.33. The fraction of sp³-hybridized carbons (Fsp3) is 0. The lowest BCUT2D eigenvalue weighted by molar-refractivity contribution is 0.624. The fourth-order valence-electron chi connectivity index (χ4n) is 1.72. The van der Waals surface area contributed by atoms with Gasteiger partial charge in [0.25, 0.3) is 11.8 Å². The van der Waals surface area contributed by atoms with Crippen LogP contribution < -0.4 is 0 Å². The van der Waals surface area contributed by atoms with E-state index in [1.807, 2.05) is 0 Å². The maximum Gasteiger partial charge on any atom is 0.286 e. The Morgan fingerprint density at radius 3 is 1.67 bits per heavy atom. The van der Waals surface area contributed by atoms with E-state index in [4.69, 9.17) is 0 Å². The van der Waals surface area contributed by atoms with Crippen molar-refractivity contribution in [3.05, 3.63) is 48.0 Å². The van der Waals surface area contributed by atoms with Crippen molar-refractivity contribution in [1.29, 1.82) is 0 Å². The first kappa shape index (κ1) is 8.92. The first-order valence-corrected chi connectivity index (χ1v) is 5.33. The van der Waals surface area contributed by atoms with Crippen molar-refractivity contribution in [3.63, 3.8) is 0 Å². The molecule has 0 aliphatic carbocycles. The Hall–Kier alpha value is -1.35. The third-order valence-electron chi connectivity index (χ3n) is 2.39. The van der Waals surface area contributed by atoms with E-state index in [9.17, 15) is 8.78 Å². The van der Waals surface area contributed by atoms with Crippen LogP contribution in [0.2, 0.25) is 0 Å². The van der Waals surface area contributed by atoms with Crippen LogP contribution in [0.5, 0.6) is 0 Å². The summed E-state index contributed by atoms with van der Waals surface area (Å²) in [5.74, 6) is -0.571. The van der Waals surface area contributed by atoms with Gasteiger partial charge in [0.2, 0.25) is 9.79 Å². The van der Waals surface area contributed by atoms with Gasteiger partial charge in [-0.1, -0.05) is 0 Å². The molecule has 3 rings (SSSR count). The SMILES string of the molecule is Fc1ccc2c(c1)-c1cc(F)ccc1[S+]2. The van der Waals surface area contributed by atoms with E-state index in [0.29, 0.717) is 0 Å². The lowest BCUT2D eigenvalue weighted by Gasteiger charge is -1.94. The average Bonchev–Trinajstić information content (AvgIpc) is 2.56. The fourth-order valence-corrected chi connectivity index (χ4v) is 2.79. The molecular weight excluding hydrogens is 214 g/mol. The second-order valence-electron chi connectivity index (χ2n) is 3.38. The van der Waals surface area contributed by atoms with Gasteiger partial charge in [-0.3, -0.25) is 0 Å². The first-order chi connectivity index (χ1) is 7.24. The van der Waals surface area contributed by atoms with Gasteiger partial charge in [0.15, 0.2) is 0 Å². The summed E-state index contributed by atoms with van der Waals surface area (Å²) in [4.78, 5) is 1.97. The Morgan fingerprint density at radius 2 is 1.20 bits per heavy atom. The van der Waals surface area contributed by atoms with E-state index in [0.717, 1.165) is 20.9 Å². The quantitative estimate of drug-likeness (QED) is 0.523. The largest absolute Gasteiger partial charge is 0.286 e. The molecule has 0 unspecified atom stereocenters. The molecule has 1 aliphatic heterocycles. The number of rotatable bonds is 0. The van der Waals surface area contributed by atoms with E-state index in [-0.39, 0.29) is 11.6 Å². The molecule has 1 aliphatic rings. The van der Waals surface area contributed by atoms with Crippen LogP contribution in [-0.2, 0) is 11.8 Å². The van der Waals surface area contributed by atoms with Gasteiger partial charge in [-0.25, -0.2) is 8.78 Å². The maximum atomic E-state index is 13.1. The molecule has 0 nitrogen and oxygen atoms in total. The summed E-state index contributed by atoms with van der Waals surface area (Å²) in [7, 11) is 0. The molecule has 0 aromatic heterocycles. The summed E-state index contributed by atoms with van der Waals surface area (Å²) in [5, 5.41) is 0. The van der Waals surface area contributed by atoms with Crippen LogP contribution in [0, 0.1) is 11.6 Å². The molecule has 0 saturated heterocycles. The summed E-state index contributed by atoms with van der Waals surface area (Å²) < 4.78 is 26.1. The van der Waals surface area contributed by atoms with Gasteiger partial charge in [-0.05, 0) is 24.3 Å². The lowest BCUT2D eigenvalue weighted by atomic mass is 10.1. The van der Waals surface area contributed by atoms with Gasteiger partial charge in [-0.15, -0.1) is 0 Å². The topological polar surface area (TPSA) is 0 Å². The van der Waals surface area contributed by atoms with Gasteiger partial charge < -0.3 is 0 Å². The van der Waals surface area contributed by atoms with E-state index in [1.165, 1.54) is 24.3 Å². The van der Waals surface area contributed by atoms with Gasteiger partial charge in [0.05, 0.1) is 11.1 Å². The highest BCUT2D eigenvalue weighted by atomic mass is 32.2. The summed E-state index contributed by atoms with van der Waals surface area (Å²) in [6.07, 6.45) is 0. The zero-order valence-electron chi connectivity index (χ0n) is 7.63. The second kappa shape index (κ2) is 3.07. The van der Waals surface area contributed by atoms with E-state index in [2.05, 4.69) is 0 Å². The normalized spacial score (nSPS) is 12.4. The van der Waals surface area contributed by atoms with Crippen molar-refractivity contribution >= 4 is 11.8 Å². The zero-order chi connectivity index (χ0) is 10.4. The summed E-state index contributed by atoms with van der Waals surface area (Å²) in [5.41, 5.74) is 1.57. The summed E-state index contributed by atoms with van der Waals surface area (Å²) in [6.45, 7) is 0. The van der Waals surface area contributed by atoms with Crippen molar-refractivity contribution in [2.75, 3.05) is 0 Å². The molecule has 2 aromatic carbocycles. The van der Waals surface area contributed by atoms with Crippen LogP contribution in [0.3, 0.4) is 0 Å². The van der Waals surface area contributed by atoms with Gasteiger partial charge >= 0.3 is 0 Å². The minimum absolute atomic E-state index is 0.286. The monoisotopic (exact) mass is 220 g/mol. The van der Waals surface area contributed by atoms with E-state index in [1.54, 1.807) is 23.9 Å². The maximum absolute atomic E-state index is 13.1. The molecule has 1 radical (unpaired) electrons. The molecule has 0 bridgehead atoms. The van der Waals surface area contributed by atoms with Crippen LogP contribution >= 0.6 is 0 Å². The predicted octanol–water partition coefficient (Wildman–Crippen LogP) is 3.45. The van der Waals surface area contributed by atoms with Crippen molar-refractivity contribution in [2.24, 2.45) is 0 Å². The van der Waals surface area contributed by atoms with Crippen molar-refractivity contribution in [2.45, 2.75) is 9.79 Å². The average molecular weight is 220 g/mol. The van der Waals surface area contributed by atoms with Crippen molar-refractivity contribution < 1.29 is 8.78 Å². The summed E-state index contributed by atoms with van der Waals surface area (Å²) in [6, 6.07) is 9.21. The first-order valence-electron chi connectivity index (χ1n) is 4.51. The Bertz CT molecular complexity index is 500. The van der Waals surface area contributed by atoms with Crippen LogP contribution in [0.15, 0.2) is 46.2 Å². The standard InChI is InChI=1S/C12H6F2S/c13-7-1-3-11-9(5-7)10-6-8(14)2-4-12(10)15-11/h1-6H/q+1. The van der Waals surface area contributed by atoms with Gasteiger partial charge in [0.1, 0.15) is 11.6 Å². The lowest BCUT2D eigenvalue weighted by Crippen LogP contribution is -1.80. The third-order valence-corrected chi connectivity index (χ3v) is 3.55. The Morgan fingerprint density at radius 1 is 0.733 bits per heavy atom. The third kappa shape index (κ3) is 1.35. The number of fused-ring (bicyclic) bond motifs is 3. The van der Waals surface area contributed by atoms with Crippen LogP contribution in [0.1, 0.15) is 0 Å². The Kier molecular flexibility index (Phi) is 1.83. The molecule has 2 aromatic rings. The highest BCUT2D eigenvalue weighted by molar-refractivity contribution is 7.79. The molecule has 15 heavy (non-hydrogen) atoms. The van der Waals surface area contributed by atoms with Crippen LogP contribution in [0.25, 0.3) is 11.1 Å². The van der Waals surface area contributed by atoms with Crippen LogP contribution in [0.4, 0.5) is 8.78 Å². The molecule has 0 saturated carbocycles. The zero-order valence-corrected chi connectivity index (χ0v) is 8.44. The van der Waals surface area contributed by atoms with Gasteiger partial charge in [-0.2, -0.15) is 0 Å². The molecule has 3 heteroatoms. The van der Waals surface area contributed by atoms with E-state index < -0.39 is 0 Å². The number of hydrogen-bond acceptors (Lipinski definition) is 1. The van der Waals surface area contributed by atoms with Crippen LogP contribution in [-0.4, -0.2) is 0 Å². The minimum atomic E-state index is -0.286. The minimum Gasteiger partial charge on any atom is -0.207 e. The van der Waals surface area contributed by atoms with Gasteiger partial charge in [0, 0.05) is 12.1 Å². The van der Waals surface area contributed by atoms with Crippen molar-refractivity contribution in [3.8, 4) is 11.1 Å². The number of benzene rings is 2. The number of halogens is 2. The molecule has 73 valence electrons. The van der Waals surface area contributed by atoms with Crippen molar-refractivity contribution in [1.82, 2.24) is 0 Å². The molecule has 0 N–H and O–H groups in total. The number of hydrogen-bond donors (Lipinski definition) is 0. The molecule has 1 heterocycles. The molecular formula is C12H6F2S+. The molecule has 0 fully saturated rings. The molecule has 0 amide bonds. The second-order valence-corrected chi connectivity index (χ2v) is 4.47. The van der Waals surface area contributed by atoms with E-state index >= 15 is 0 Å². The Balaban J connectivity index is 2.28. The predicted molar refractivity (Wildman–Crippen MR) is 55.7 cm³/mol. The highest BCUT2D eigenvalue weighted by Crippen LogP contribution is 2.38. The smallest absolute Gasteiger partial charge is 0.207 e. The molecule has 0 atom stereocenters. The molecule has 0 spiro atoms.